The van der Waals surface area contributed by atoms with Gasteiger partial charge in [0, 0.05) is 21.8 Å². The summed E-state index contributed by atoms with van der Waals surface area (Å²) in [6.07, 6.45) is 4.56. The standard InChI is InChI=1S/C23H31F4O3P/c1-2-3-4-5-6-10-20-19(21(24)14-22(20)30-31)12-11-17(28)15-29-18-9-7-8-16(13-18)23(25,26)27/h5-9,11-13,17,19-22,28H,2-4,10,14-15,31H2,1H3/b6-5+,12-11+. The van der Waals surface area contributed by atoms with Gasteiger partial charge in [-0.15, -0.1) is 0 Å². The van der Waals surface area contributed by atoms with E-state index in [1.54, 1.807) is 6.08 Å². The normalized spacial score (nSPS) is 25.5. The zero-order valence-corrected chi connectivity index (χ0v) is 18.8. The number of allylic oxidation sites excluding steroid dienone is 3. The highest BCUT2D eigenvalue weighted by Crippen LogP contribution is 2.40. The number of hydrogen-bond donors (Lipinski definition) is 1. The summed E-state index contributed by atoms with van der Waals surface area (Å²) in [5, 5.41) is 10.2. The topological polar surface area (TPSA) is 38.7 Å². The van der Waals surface area contributed by atoms with Crippen LogP contribution in [0, 0.1) is 11.8 Å². The van der Waals surface area contributed by atoms with E-state index in [-0.39, 0.29) is 30.8 Å². The SMILES string of the molecule is CCCC/C=C/CC1C(OP)CC(F)C1/C=C/C(O)COc1cccc(C(F)(F)F)c1. The fourth-order valence-electron chi connectivity index (χ4n) is 3.75. The van der Waals surface area contributed by atoms with Crippen molar-refractivity contribution in [2.75, 3.05) is 6.61 Å². The van der Waals surface area contributed by atoms with E-state index in [0.29, 0.717) is 6.42 Å². The molecule has 0 spiro atoms. The van der Waals surface area contributed by atoms with Crippen LogP contribution >= 0.6 is 9.47 Å². The van der Waals surface area contributed by atoms with Gasteiger partial charge in [-0.1, -0.05) is 50.1 Å². The summed E-state index contributed by atoms with van der Waals surface area (Å²) in [6, 6.07) is 4.47. The van der Waals surface area contributed by atoms with Gasteiger partial charge in [0.2, 0.25) is 0 Å². The molecule has 2 rings (SSSR count). The molecule has 0 radical (unpaired) electrons. The Bertz CT molecular complexity index is 723. The van der Waals surface area contributed by atoms with Crippen LogP contribution in [0.2, 0.25) is 0 Å². The maximum atomic E-state index is 14.6. The number of unbranched alkanes of at least 4 members (excludes halogenated alkanes) is 2. The lowest BCUT2D eigenvalue weighted by atomic mass is 9.90. The van der Waals surface area contributed by atoms with Crippen molar-refractivity contribution >= 4 is 9.47 Å². The summed E-state index contributed by atoms with van der Waals surface area (Å²) in [4.78, 5) is 0. The van der Waals surface area contributed by atoms with E-state index in [1.807, 2.05) is 0 Å². The first-order valence-corrected chi connectivity index (χ1v) is 11.0. The van der Waals surface area contributed by atoms with Crippen LogP contribution < -0.4 is 4.74 Å². The molecule has 1 aliphatic rings. The Morgan fingerprint density at radius 3 is 2.74 bits per heavy atom. The molecule has 1 saturated carbocycles. The molecule has 8 heteroatoms. The fourth-order valence-corrected chi connectivity index (χ4v) is 4.06. The zero-order valence-electron chi connectivity index (χ0n) is 17.6. The molecular formula is C23H31F4O3P. The van der Waals surface area contributed by atoms with Gasteiger partial charge >= 0.3 is 6.18 Å². The lowest BCUT2D eigenvalue weighted by Gasteiger charge is -2.21. The van der Waals surface area contributed by atoms with Crippen molar-refractivity contribution in [3.05, 3.63) is 54.1 Å². The summed E-state index contributed by atoms with van der Waals surface area (Å²) < 4.78 is 63.6. The first kappa shape index (κ1) is 25.8. The predicted octanol–water partition coefficient (Wildman–Crippen LogP) is 6.29. The summed E-state index contributed by atoms with van der Waals surface area (Å²) >= 11 is 0. The number of ether oxygens (including phenoxy) is 1. The molecule has 31 heavy (non-hydrogen) atoms. The molecule has 6 unspecified atom stereocenters. The number of aliphatic hydroxyl groups excluding tert-OH is 1. The van der Waals surface area contributed by atoms with Crippen LogP contribution in [-0.4, -0.2) is 30.1 Å². The molecule has 174 valence electrons. The third-order valence-corrected chi connectivity index (χ3v) is 5.81. The zero-order chi connectivity index (χ0) is 22.9. The monoisotopic (exact) mass is 462 g/mol. The van der Waals surface area contributed by atoms with Gasteiger partial charge in [0.25, 0.3) is 0 Å². The van der Waals surface area contributed by atoms with Gasteiger partial charge in [-0.05, 0) is 37.0 Å². The average molecular weight is 462 g/mol. The van der Waals surface area contributed by atoms with Crippen LogP contribution in [0.3, 0.4) is 0 Å². The number of hydrogen-bond acceptors (Lipinski definition) is 3. The first-order valence-electron chi connectivity index (χ1n) is 10.6. The molecule has 1 aromatic rings. The van der Waals surface area contributed by atoms with Crippen molar-refractivity contribution < 1.29 is 31.9 Å². The summed E-state index contributed by atoms with van der Waals surface area (Å²) in [6.45, 7) is 1.90. The minimum atomic E-state index is -4.47. The van der Waals surface area contributed by atoms with Gasteiger partial charge in [-0.2, -0.15) is 13.2 Å². The van der Waals surface area contributed by atoms with Crippen molar-refractivity contribution in [1.29, 1.82) is 0 Å². The predicted molar refractivity (Wildman–Crippen MR) is 116 cm³/mol. The van der Waals surface area contributed by atoms with Crippen molar-refractivity contribution in [3.63, 3.8) is 0 Å². The van der Waals surface area contributed by atoms with Crippen molar-refractivity contribution in [1.82, 2.24) is 0 Å². The number of rotatable bonds is 11. The second-order valence-corrected chi connectivity index (χ2v) is 8.08. The molecule has 0 bridgehead atoms. The average Bonchev–Trinajstić information content (AvgIpc) is 3.04. The van der Waals surface area contributed by atoms with E-state index >= 15 is 0 Å². The fraction of sp³-hybridized carbons (Fsp3) is 0.565. The van der Waals surface area contributed by atoms with Gasteiger partial charge in [0.05, 0.1) is 11.7 Å². The van der Waals surface area contributed by atoms with Gasteiger partial charge in [-0.3, -0.25) is 0 Å². The van der Waals surface area contributed by atoms with Crippen LogP contribution in [0.25, 0.3) is 0 Å². The largest absolute Gasteiger partial charge is 0.491 e. The summed E-state index contributed by atoms with van der Waals surface area (Å²) in [5.74, 6) is -0.458. The quantitative estimate of drug-likeness (QED) is 0.182. The lowest BCUT2D eigenvalue weighted by molar-refractivity contribution is -0.137. The Hall–Kier alpha value is -1.43. The maximum absolute atomic E-state index is 14.6. The number of benzene rings is 1. The third-order valence-electron chi connectivity index (χ3n) is 5.46. The van der Waals surface area contributed by atoms with Gasteiger partial charge in [0.15, 0.2) is 0 Å². The first-order chi connectivity index (χ1) is 14.8. The second-order valence-electron chi connectivity index (χ2n) is 7.81. The van der Waals surface area contributed by atoms with Crippen molar-refractivity contribution in [2.45, 2.75) is 63.6 Å². The molecule has 1 N–H and O–H groups in total. The van der Waals surface area contributed by atoms with E-state index in [0.717, 1.165) is 31.4 Å². The highest BCUT2D eigenvalue weighted by molar-refractivity contribution is 7.09. The Labute approximate surface area is 183 Å². The Morgan fingerprint density at radius 1 is 1.29 bits per heavy atom. The minimum Gasteiger partial charge on any atom is -0.491 e. The Morgan fingerprint density at radius 2 is 2.06 bits per heavy atom. The maximum Gasteiger partial charge on any atom is 0.416 e. The lowest BCUT2D eigenvalue weighted by Crippen LogP contribution is -2.21. The number of aliphatic hydroxyl groups is 1. The molecule has 0 amide bonds. The molecule has 6 atom stereocenters. The molecule has 0 aromatic heterocycles. The van der Waals surface area contributed by atoms with E-state index in [2.05, 4.69) is 28.5 Å². The third kappa shape index (κ3) is 8.21. The van der Waals surface area contributed by atoms with Gasteiger partial charge < -0.3 is 14.4 Å². The van der Waals surface area contributed by atoms with Crippen LogP contribution in [0.15, 0.2) is 48.6 Å². The molecule has 0 heterocycles. The van der Waals surface area contributed by atoms with Crippen LogP contribution in [0.4, 0.5) is 17.6 Å². The highest BCUT2D eigenvalue weighted by Gasteiger charge is 2.41. The number of alkyl halides is 4. The highest BCUT2D eigenvalue weighted by atomic mass is 31.0. The second kappa shape index (κ2) is 12.6. The van der Waals surface area contributed by atoms with E-state index in [4.69, 9.17) is 9.26 Å². The smallest absolute Gasteiger partial charge is 0.416 e. The molecule has 1 aliphatic carbocycles. The molecule has 1 aromatic carbocycles. The summed E-state index contributed by atoms with van der Waals surface area (Å²) in [7, 11) is 2.21. The molecule has 3 nitrogen and oxygen atoms in total. The van der Waals surface area contributed by atoms with E-state index < -0.39 is 29.9 Å². The van der Waals surface area contributed by atoms with Crippen LogP contribution in [-0.2, 0) is 10.7 Å². The van der Waals surface area contributed by atoms with Crippen LogP contribution in [0.5, 0.6) is 5.75 Å². The van der Waals surface area contributed by atoms with E-state index in [9.17, 15) is 22.7 Å². The van der Waals surface area contributed by atoms with Crippen molar-refractivity contribution in [2.24, 2.45) is 11.8 Å². The molecule has 0 saturated heterocycles. The van der Waals surface area contributed by atoms with Crippen LogP contribution in [0.1, 0.15) is 44.6 Å². The molecule has 0 aliphatic heterocycles. The van der Waals surface area contributed by atoms with Gasteiger partial charge in [0.1, 0.15) is 24.6 Å². The van der Waals surface area contributed by atoms with E-state index in [1.165, 1.54) is 18.2 Å². The molecule has 1 fully saturated rings. The minimum absolute atomic E-state index is 0.0121. The number of halogens is 4. The van der Waals surface area contributed by atoms with Gasteiger partial charge in [-0.25, -0.2) is 4.39 Å². The Balaban J connectivity index is 1.94. The molecular weight excluding hydrogens is 431 g/mol. The van der Waals surface area contributed by atoms with Crippen molar-refractivity contribution in [3.8, 4) is 5.75 Å². The Kier molecular flexibility index (Phi) is 10.5. The summed E-state index contributed by atoms with van der Waals surface area (Å²) in [5.41, 5.74) is -0.820.